The maximum absolute atomic E-state index is 8.28. The fraction of sp³-hybridized carbons (Fsp3) is 1.00. The average molecular weight is 244 g/mol. The summed E-state index contributed by atoms with van der Waals surface area (Å²) in [7, 11) is 0. The van der Waals surface area contributed by atoms with Crippen LogP contribution in [0.3, 0.4) is 0 Å². The van der Waals surface area contributed by atoms with E-state index in [9.17, 15) is 0 Å². The molecule has 1 N–H and O–H groups in total. The van der Waals surface area contributed by atoms with Gasteiger partial charge in [-0.3, -0.25) is 5.26 Å². The predicted octanol–water partition coefficient (Wildman–Crippen LogP) is 5.42. The Morgan fingerprint density at radius 1 is 0.765 bits per heavy atom. The van der Waals surface area contributed by atoms with Gasteiger partial charge in [-0.25, -0.2) is 4.89 Å². The van der Waals surface area contributed by atoms with Crippen LogP contribution in [-0.4, -0.2) is 11.9 Å². The highest BCUT2D eigenvalue weighted by Crippen LogP contribution is 2.40. The molecule has 0 saturated heterocycles. The molecule has 17 heavy (non-hydrogen) atoms. The molecule has 0 radical (unpaired) electrons. The highest BCUT2D eigenvalue weighted by molar-refractivity contribution is 4.78. The second-order valence-corrected chi connectivity index (χ2v) is 5.39. The number of hydrogen-bond donors (Lipinski definition) is 1. The third kappa shape index (κ3) is 7.77. The van der Waals surface area contributed by atoms with Crippen molar-refractivity contribution in [3.8, 4) is 0 Å². The lowest BCUT2D eigenvalue weighted by Gasteiger charge is -2.34. The molecule has 0 saturated carbocycles. The zero-order valence-electron chi connectivity index (χ0n) is 12.1. The maximum atomic E-state index is 8.28. The smallest absolute Gasteiger partial charge is 0.0819 e. The molecule has 0 aliphatic carbocycles. The van der Waals surface area contributed by atoms with Crippen LogP contribution in [0.4, 0.5) is 0 Å². The third-order valence-corrected chi connectivity index (χ3v) is 3.78. The van der Waals surface area contributed by atoms with Crippen LogP contribution in [0.5, 0.6) is 0 Å². The molecule has 104 valence electrons. The first kappa shape index (κ1) is 16.9. The second kappa shape index (κ2) is 11.0. The van der Waals surface area contributed by atoms with Gasteiger partial charge in [0, 0.05) is 0 Å². The SMILES string of the molecule is CCCC(CCC)(CCC)CCCCCOO. The van der Waals surface area contributed by atoms with Gasteiger partial charge in [-0.05, 0) is 37.5 Å². The van der Waals surface area contributed by atoms with Gasteiger partial charge < -0.3 is 0 Å². The van der Waals surface area contributed by atoms with Gasteiger partial charge in [-0.15, -0.1) is 0 Å². The Bertz CT molecular complexity index is 140. The zero-order chi connectivity index (χ0) is 13.0. The highest BCUT2D eigenvalue weighted by atomic mass is 17.1. The summed E-state index contributed by atoms with van der Waals surface area (Å²) in [4.78, 5) is 4.12. The van der Waals surface area contributed by atoms with Crippen LogP contribution in [0.2, 0.25) is 0 Å². The number of hydrogen-bond acceptors (Lipinski definition) is 2. The van der Waals surface area contributed by atoms with Crippen LogP contribution in [0, 0.1) is 5.41 Å². The van der Waals surface area contributed by atoms with Crippen molar-refractivity contribution < 1.29 is 10.1 Å². The Morgan fingerprint density at radius 3 is 1.71 bits per heavy atom. The van der Waals surface area contributed by atoms with Crippen molar-refractivity contribution in [3.63, 3.8) is 0 Å². The summed E-state index contributed by atoms with van der Waals surface area (Å²) in [5.41, 5.74) is 0.596. The van der Waals surface area contributed by atoms with Gasteiger partial charge in [-0.1, -0.05) is 52.9 Å². The Balaban J connectivity index is 4.05. The lowest BCUT2D eigenvalue weighted by molar-refractivity contribution is -0.242. The first-order valence-electron chi connectivity index (χ1n) is 7.51. The lowest BCUT2D eigenvalue weighted by Crippen LogP contribution is -2.20. The van der Waals surface area contributed by atoms with Crippen LogP contribution in [0.25, 0.3) is 0 Å². The van der Waals surface area contributed by atoms with Crippen LogP contribution in [0.15, 0.2) is 0 Å². The molecule has 0 bridgehead atoms. The Kier molecular flexibility index (Phi) is 11.0. The summed E-state index contributed by atoms with van der Waals surface area (Å²) in [6.45, 7) is 7.40. The fourth-order valence-corrected chi connectivity index (χ4v) is 3.18. The molecule has 0 rings (SSSR count). The molecule has 0 aliphatic rings. The molecule has 0 fully saturated rings. The third-order valence-electron chi connectivity index (χ3n) is 3.78. The van der Waals surface area contributed by atoms with Gasteiger partial charge in [0.15, 0.2) is 0 Å². The van der Waals surface area contributed by atoms with Gasteiger partial charge in [-0.2, -0.15) is 0 Å². The quantitative estimate of drug-likeness (QED) is 0.282. The molecule has 0 aromatic heterocycles. The molecule has 2 nitrogen and oxygen atoms in total. The van der Waals surface area contributed by atoms with E-state index in [1.807, 2.05) is 0 Å². The molecule has 2 heteroatoms. The van der Waals surface area contributed by atoms with E-state index in [1.165, 1.54) is 57.8 Å². The van der Waals surface area contributed by atoms with E-state index in [4.69, 9.17) is 5.26 Å². The van der Waals surface area contributed by atoms with E-state index in [2.05, 4.69) is 25.7 Å². The lowest BCUT2D eigenvalue weighted by atomic mass is 9.72. The topological polar surface area (TPSA) is 29.5 Å². The highest BCUT2D eigenvalue weighted by Gasteiger charge is 2.26. The van der Waals surface area contributed by atoms with E-state index < -0.39 is 0 Å². The Labute approximate surface area is 108 Å². The molecule has 0 spiro atoms. The van der Waals surface area contributed by atoms with Crippen LogP contribution >= 0.6 is 0 Å². The van der Waals surface area contributed by atoms with Crippen molar-refractivity contribution in [2.24, 2.45) is 5.41 Å². The number of rotatable bonds is 12. The van der Waals surface area contributed by atoms with E-state index in [1.54, 1.807) is 0 Å². The van der Waals surface area contributed by atoms with E-state index in [-0.39, 0.29) is 0 Å². The zero-order valence-corrected chi connectivity index (χ0v) is 12.1. The molecule has 0 aliphatic heterocycles. The summed E-state index contributed by atoms with van der Waals surface area (Å²) in [6.07, 6.45) is 12.9. The molecular weight excluding hydrogens is 212 g/mol. The largest absolute Gasteiger partial charge is 0.252 e. The monoisotopic (exact) mass is 244 g/mol. The van der Waals surface area contributed by atoms with Gasteiger partial charge in [0.1, 0.15) is 0 Å². The van der Waals surface area contributed by atoms with Crippen molar-refractivity contribution in [1.82, 2.24) is 0 Å². The van der Waals surface area contributed by atoms with E-state index in [0.29, 0.717) is 12.0 Å². The number of unbranched alkanes of at least 4 members (excludes halogenated alkanes) is 2. The molecule has 0 aromatic carbocycles. The van der Waals surface area contributed by atoms with Crippen molar-refractivity contribution in [1.29, 1.82) is 0 Å². The van der Waals surface area contributed by atoms with E-state index >= 15 is 0 Å². The Hall–Kier alpha value is -0.0800. The summed E-state index contributed by atoms with van der Waals surface area (Å²) in [6, 6.07) is 0. The molecule has 0 amide bonds. The minimum absolute atomic E-state index is 0.488. The van der Waals surface area contributed by atoms with Crippen LogP contribution in [0.1, 0.15) is 85.0 Å². The van der Waals surface area contributed by atoms with Crippen molar-refractivity contribution in [3.05, 3.63) is 0 Å². The van der Waals surface area contributed by atoms with E-state index in [0.717, 1.165) is 6.42 Å². The van der Waals surface area contributed by atoms with Crippen molar-refractivity contribution >= 4 is 0 Å². The van der Waals surface area contributed by atoms with Crippen LogP contribution in [-0.2, 0) is 4.89 Å². The molecule has 0 atom stereocenters. The summed E-state index contributed by atoms with van der Waals surface area (Å²) in [5.74, 6) is 0. The maximum Gasteiger partial charge on any atom is 0.0819 e. The first-order chi connectivity index (χ1) is 8.24. The average Bonchev–Trinajstić information content (AvgIpc) is 2.30. The Morgan fingerprint density at radius 2 is 1.29 bits per heavy atom. The second-order valence-electron chi connectivity index (χ2n) is 5.39. The van der Waals surface area contributed by atoms with Gasteiger partial charge in [0.2, 0.25) is 0 Å². The fourth-order valence-electron chi connectivity index (χ4n) is 3.18. The first-order valence-corrected chi connectivity index (χ1v) is 7.51. The molecular formula is C15H32O2. The van der Waals surface area contributed by atoms with Gasteiger partial charge in [0.05, 0.1) is 6.61 Å². The molecule has 0 unspecified atom stereocenters. The predicted molar refractivity (Wildman–Crippen MR) is 74.2 cm³/mol. The normalized spacial score (nSPS) is 12.0. The summed E-state index contributed by atoms with van der Waals surface area (Å²) >= 11 is 0. The summed E-state index contributed by atoms with van der Waals surface area (Å²) in [5, 5.41) is 8.28. The summed E-state index contributed by atoms with van der Waals surface area (Å²) < 4.78 is 0. The van der Waals surface area contributed by atoms with Crippen molar-refractivity contribution in [2.45, 2.75) is 85.0 Å². The standard InChI is InChI=1S/C15H32O2/c1-4-10-15(11-5-2,12-6-3)13-8-7-9-14-17-16/h16H,4-14H2,1-3H3. The minimum Gasteiger partial charge on any atom is -0.252 e. The van der Waals surface area contributed by atoms with Gasteiger partial charge in [0.25, 0.3) is 0 Å². The van der Waals surface area contributed by atoms with Gasteiger partial charge >= 0.3 is 0 Å². The van der Waals surface area contributed by atoms with Crippen molar-refractivity contribution in [2.75, 3.05) is 6.61 Å². The molecule has 0 aromatic rings. The molecule has 0 heterocycles. The minimum atomic E-state index is 0.488. The van der Waals surface area contributed by atoms with Crippen LogP contribution < -0.4 is 0 Å².